The van der Waals surface area contributed by atoms with E-state index in [1.165, 1.54) is 24.3 Å². The minimum Gasteiger partial charge on any atom is -0.298 e. The SMILES string of the molecule is NN.O=Cc1ccc([N+](=O)[O-])cc1. The molecule has 1 rings (SSSR count). The second kappa shape index (κ2) is 5.81. The summed E-state index contributed by atoms with van der Waals surface area (Å²) in [5.41, 5.74) is 0.436. The molecule has 0 radical (unpaired) electrons. The molecule has 0 amide bonds. The van der Waals surface area contributed by atoms with Crippen LogP contribution in [0.3, 0.4) is 0 Å². The van der Waals surface area contributed by atoms with Crippen molar-refractivity contribution < 1.29 is 9.72 Å². The first-order valence-corrected chi connectivity index (χ1v) is 3.27. The van der Waals surface area contributed by atoms with Crippen molar-refractivity contribution in [2.75, 3.05) is 0 Å². The predicted octanol–water partition coefficient (Wildman–Crippen LogP) is 0.226. The fourth-order valence-corrected chi connectivity index (χ4v) is 0.675. The largest absolute Gasteiger partial charge is 0.298 e. The Morgan fingerprint density at radius 2 is 1.69 bits per heavy atom. The molecule has 70 valence electrons. The van der Waals surface area contributed by atoms with E-state index in [1.54, 1.807) is 0 Å². The van der Waals surface area contributed by atoms with Gasteiger partial charge in [0, 0.05) is 17.7 Å². The Morgan fingerprint density at radius 1 is 1.23 bits per heavy atom. The molecule has 0 saturated carbocycles. The Kier molecular flexibility index (Phi) is 5.01. The Bertz CT molecular complexity index is 284. The van der Waals surface area contributed by atoms with Gasteiger partial charge in [0.25, 0.3) is 5.69 Å². The van der Waals surface area contributed by atoms with Crippen molar-refractivity contribution >= 4 is 12.0 Å². The summed E-state index contributed by atoms with van der Waals surface area (Å²) in [5.74, 6) is 8.00. The van der Waals surface area contributed by atoms with Crippen LogP contribution in [0.15, 0.2) is 24.3 Å². The van der Waals surface area contributed by atoms with Crippen LogP contribution in [0.1, 0.15) is 10.4 Å². The Hall–Kier alpha value is -1.79. The van der Waals surface area contributed by atoms with Crippen LogP contribution < -0.4 is 11.7 Å². The number of aldehydes is 1. The zero-order valence-electron chi connectivity index (χ0n) is 6.71. The van der Waals surface area contributed by atoms with Crippen molar-refractivity contribution in [3.05, 3.63) is 39.9 Å². The van der Waals surface area contributed by atoms with Crippen molar-refractivity contribution in [1.82, 2.24) is 0 Å². The highest BCUT2D eigenvalue weighted by atomic mass is 16.6. The smallest absolute Gasteiger partial charge is 0.269 e. The normalized spacial score (nSPS) is 8.15. The lowest BCUT2D eigenvalue weighted by Crippen LogP contribution is -2.02. The summed E-state index contributed by atoms with van der Waals surface area (Å²) in [6.07, 6.45) is 0.643. The molecule has 0 fully saturated rings. The molecular formula is C7H9N3O3. The molecule has 4 N–H and O–H groups in total. The molecule has 0 aliphatic heterocycles. The molecule has 0 aromatic heterocycles. The third-order valence-corrected chi connectivity index (χ3v) is 1.24. The standard InChI is InChI=1S/C7H5NO3.H4N2/c9-5-6-1-3-7(4-2-6)8(10)11;1-2/h1-5H;1-2H2. The lowest BCUT2D eigenvalue weighted by molar-refractivity contribution is -0.384. The molecule has 0 aliphatic rings. The molecule has 13 heavy (non-hydrogen) atoms. The van der Waals surface area contributed by atoms with Gasteiger partial charge in [-0.25, -0.2) is 0 Å². The number of carbonyl (C=O) groups excluding carboxylic acids is 1. The van der Waals surface area contributed by atoms with Gasteiger partial charge in [-0.1, -0.05) is 0 Å². The van der Waals surface area contributed by atoms with E-state index in [2.05, 4.69) is 11.7 Å². The summed E-state index contributed by atoms with van der Waals surface area (Å²) in [4.78, 5) is 19.7. The topological polar surface area (TPSA) is 112 Å². The Labute approximate surface area is 74.3 Å². The number of hydrazine groups is 1. The van der Waals surface area contributed by atoms with E-state index in [4.69, 9.17) is 0 Å². The fraction of sp³-hybridized carbons (Fsp3) is 0. The molecule has 6 nitrogen and oxygen atoms in total. The minimum absolute atomic E-state index is 0.00407. The van der Waals surface area contributed by atoms with E-state index < -0.39 is 4.92 Å². The maximum Gasteiger partial charge on any atom is 0.269 e. The van der Waals surface area contributed by atoms with Gasteiger partial charge < -0.3 is 0 Å². The number of non-ortho nitro benzene ring substituents is 1. The molecule has 1 aromatic rings. The first-order valence-electron chi connectivity index (χ1n) is 3.27. The van der Waals surface area contributed by atoms with E-state index in [1.807, 2.05) is 0 Å². The summed E-state index contributed by atoms with van der Waals surface area (Å²) in [5, 5.41) is 10.1. The van der Waals surface area contributed by atoms with E-state index in [-0.39, 0.29) is 5.69 Å². The van der Waals surface area contributed by atoms with Crippen LogP contribution in [-0.2, 0) is 0 Å². The number of rotatable bonds is 2. The average Bonchev–Trinajstić information content (AvgIpc) is 2.21. The number of nitrogens with two attached hydrogens (primary N) is 2. The average molecular weight is 183 g/mol. The quantitative estimate of drug-likeness (QED) is 0.295. The summed E-state index contributed by atoms with van der Waals surface area (Å²) in [7, 11) is 0. The van der Waals surface area contributed by atoms with Gasteiger partial charge in [0.15, 0.2) is 0 Å². The lowest BCUT2D eigenvalue weighted by Gasteiger charge is -1.89. The third kappa shape index (κ3) is 3.41. The molecule has 0 aliphatic carbocycles. The van der Waals surface area contributed by atoms with Crippen LogP contribution >= 0.6 is 0 Å². The van der Waals surface area contributed by atoms with Gasteiger partial charge >= 0.3 is 0 Å². The van der Waals surface area contributed by atoms with Crippen LogP contribution in [0.4, 0.5) is 5.69 Å². The van der Waals surface area contributed by atoms with E-state index in [9.17, 15) is 14.9 Å². The molecule has 0 saturated heterocycles. The second-order valence-corrected chi connectivity index (χ2v) is 1.97. The fourth-order valence-electron chi connectivity index (χ4n) is 0.675. The molecule has 0 bridgehead atoms. The maximum atomic E-state index is 10.1. The van der Waals surface area contributed by atoms with Crippen molar-refractivity contribution in [3.63, 3.8) is 0 Å². The van der Waals surface area contributed by atoms with Gasteiger partial charge in [-0.15, -0.1) is 0 Å². The predicted molar refractivity (Wildman–Crippen MR) is 46.9 cm³/mol. The summed E-state index contributed by atoms with van der Waals surface area (Å²) >= 11 is 0. The molecule has 0 atom stereocenters. The first kappa shape index (κ1) is 11.2. The monoisotopic (exact) mass is 183 g/mol. The van der Waals surface area contributed by atoms with E-state index in [0.717, 1.165) is 0 Å². The third-order valence-electron chi connectivity index (χ3n) is 1.24. The first-order chi connectivity index (χ1) is 6.24. The van der Waals surface area contributed by atoms with Crippen LogP contribution in [-0.4, -0.2) is 11.2 Å². The zero-order chi connectivity index (χ0) is 10.3. The van der Waals surface area contributed by atoms with Crippen molar-refractivity contribution in [2.24, 2.45) is 11.7 Å². The van der Waals surface area contributed by atoms with Gasteiger partial charge in [0.1, 0.15) is 6.29 Å². The van der Waals surface area contributed by atoms with Gasteiger partial charge in [0.2, 0.25) is 0 Å². The number of hydrogen-bond acceptors (Lipinski definition) is 5. The summed E-state index contributed by atoms with van der Waals surface area (Å²) < 4.78 is 0. The Balaban J connectivity index is 0.000000671. The van der Waals surface area contributed by atoms with Crippen LogP contribution in [0.2, 0.25) is 0 Å². The van der Waals surface area contributed by atoms with Gasteiger partial charge in [-0.3, -0.25) is 26.6 Å². The number of carbonyl (C=O) groups is 1. The highest BCUT2D eigenvalue weighted by Gasteiger charge is 2.02. The van der Waals surface area contributed by atoms with E-state index in [0.29, 0.717) is 11.8 Å². The van der Waals surface area contributed by atoms with Gasteiger partial charge in [-0.2, -0.15) is 0 Å². The number of nitro groups is 1. The van der Waals surface area contributed by atoms with Crippen LogP contribution in [0.5, 0.6) is 0 Å². The van der Waals surface area contributed by atoms with Gasteiger partial charge in [-0.05, 0) is 12.1 Å². The van der Waals surface area contributed by atoms with Crippen LogP contribution in [0.25, 0.3) is 0 Å². The molecule has 6 heteroatoms. The molecular weight excluding hydrogens is 174 g/mol. The second-order valence-electron chi connectivity index (χ2n) is 1.97. The minimum atomic E-state index is -0.505. The molecule has 0 spiro atoms. The maximum absolute atomic E-state index is 10.1. The number of nitrogens with zero attached hydrogens (tertiary/aromatic N) is 1. The number of benzene rings is 1. The molecule has 0 heterocycles. The van der Waals surface area contributed by atoms with Crippen molar-refractivity contribution in [2.45, 2.75) is 0 Å². The molecule has 0 unspecified atom stereocenters. The summed E-state index contributed by atoms with van der Waals surface area (Å²) in [6, 6.07) is 5.41. The van der Waals surface area contributed by atoms with Crippen molar-refractivity contribution in [1.29, 1.82) is 0 Å². The number of hydrogen-bond donors (Lipinski definition) is 2. The highest BCUT2D eigenvalue weighted by Crippen LogP contribution is 2.09. The zero-order valence-corrected chi connectivity index (χ0v) is 6.71. The van der Waals surface area contributed by atoms with Gasteiger partial charge in [0.05, 0.1) is 4.92 Å². The number of nitro benzene ring substituents is 1. The summed E-state index contributed by atoms with van der Waals surface area (Å²) in [6.45, 7) is 0. The highest BCUT2D eigenvalue weighted by molar-refractivity contribution is 5.75. The van der Waals surface area contributed by atoms with E-state index >= 15 is 0 Å². The van der Waals surface area contributed by atoms with Crippen molar-refractivity contribution in [3.8, 4) is 0 Å². The van der Waals surface area contributed by atoms with Crippen LogP contribution in [0, 0.1) is 10.1 Å². The molecule has 1 aromatic carbocycles. The Morgan fingerprint density at radius 3 is 2.00 bits per heavy atom. The lowest BCUT2D eigenvalue weighted by atomic mass is 10.2.